The normalized spacial score (nSPS) is 13.0. The summed E-state index contributed by atoms with van der Waals surface area (Å²) in [5.74, 6) is -0.150. The highest BCUT2D eigenvalue weighted by molar-refractivity contribution is 7.99. The number of nitrogens with zero attached hydrogens (tertiary/aromatic N) is 2. The number of hydrogen-bond acceptors (Lipinski definition) is 5. The van der Waals surface area contributed by atoms with Crippen LogP contribution in [-0.4, -0.2) is 23.8 Å². The van der Waals surface area contributed by atoms with Gasteiger partial charge in [-0.05, 0) is 41.8 Å². The molecule has 0 bridgehead atoms. The molecule has 0 spiro atoms. The molecule has 0 saturated carbocycles. The summed E-state index contributed by atoms with van der Waals surface area (Å²) in [4.78, 5) is 32.7. The van der Waals surface area contributed by atoms with Gasteiger partial charge in [0.1, 0.15) is 5.03 Å². The molecule has 0 fully saturated rings. The van der Waals surface area contributed by atoms with Crippen molar-refractivity contribution in [1.29, 1.82) is 0 Å². The average molecular weight is 381 g/mol. The molecule has 1 aliphatic rings. The minimum atomic E-state index is -0.0890. The number of amides is 2. The van der Waals surface area contributed by atoms with Crippen LogP contribution < -0.4 is 10.2 Å². The molecule has 0 aliphatic carbocycles. The molecule has 1 aromatic carbocycles. The van der Waals surface area contributed by atoms with E-state index in [4.69, 9.17) is 0 Å². The van der Waals surface area contributed by atoms with Crippen LogP contribution in [0.15, 0.2) is 64.0 Å². The number of thiophene rings is 1. The monoisotopic (exact) mass is 381 g/mol. The Kier molecular flexibility index (Phi) is 4.48. The summed E-state index contributed by atoms with van der Waals surface area (Å²) in [6.45, 7) is 0. The van der Waals surface area contributed by atoms with Gasteiger partial charge in [0.2, 0.25) is 5.91 Å². The number of nitrogens with one attached hydrogen (secondary N) is 1. The molecule has 1 N–H and O–H groups in total. The van der Waals surface area contributed by atoms with Crippen LogP contribution >= 0.6 is 23.1 Å². The molecule has 2 aromatic heterocycles. The Bertz CT molecular complexity index is 986. The lowest BCUT2D eigenvalue weighted by Gasteiger charge is -2.18. The lowest BCUT2D eigenvalue weighted by atomic mass is 10.2. The second kappa shape index (κ2) is 6.93. The van der Waals surface area contributed by atoms with E-state index in [1.807, 2.05) is 35.7 Å². The maximum atomic E-state index is 12.6. The van der Waals surface area contributed by atoms with Crippen LogP contribution in [0.1, 0.15) is 15.2 Å². The zero-order chi connectivity index (χ0) is 18.1. The largest absolute Gasteiger partial charge is 0.326 e. The number of rotatable bonds is 3. The number of carbonyl (C=O) groups is 2. The van der Waals surface area contributed by atoms with E-state index in [2.05, 4.69) is 10.3 Å². The second-order valence-electron chi connectivity index (χ2n) is 5.81. The van der Waals surface area contributed by atoms with E-state index in [-0.39, 0.29) is 11.8 Å². The molecule has 3 heterocycles. The molecular weight excluding hydrogens is 366 g/mol. The molecule has 0 atom stereocenters. The summed E-state index contributed by atoms with van der Waals surface area (Å²) in [6, 6.07) is 13.0. The molecule has 2 amide bonds. The third-order valence-corrected chi connectivity index (χ3v) is 5.97. The van der Waals surface area contributed by atoms with E-state index in [0.717, 1.165) is 15.5 Å². The van der Waals surface area contributed by atoms with Crippen LogP contribution in [-0.2, 0) is 11.2 Å². The van der Waals surface area contributed by atoms with Crippen molar-refractivity contribution in [3.8, 4) is 0 Å². The molecule has 1 aliphatic heterocycles. The van der Waals surface area contributed by atoms with E-state index in [0.29, 0.717) is 22.7 Å². The van der Waals surface area contributed by atoms with E-state index < -0.39 is 0 Å². The lowest BCUT2D eigenvalue weighted by Crippen LogP contribution is -2.26. The van der Waals surface area contributed by atoms with Crippen LogP contribution in [0.5, 0.6) is 0 Å². The Morgan fingerprint density at radius 2 is 2.12 bits per heavy atom. The van der Waals surface area contributed by atoms with Crippen LogP contribution in [0, 0.1) is 0 Å². The van der Waals surface area contributed by atoms with Gasteiger partial charge >= 0.3 is 0 Å². The van der Waals surface area contributed by atoms with Gasteiger partial charge in [0.25, 0.3) is 5.91 Å². The molecule has 4 rings (SSSR count). The molecule has 0 radical (unpaired) electrons. The van der Waals surface area contributed by atoms with Gasteiger partial charge in [-0.1, -0.05) is 17.8 Å². The first kappa shape index (κ1) is 16.8. The standard InChI is InChI=1S/C19H15N3O2S2/c1-22-15-7-6-12(21-17(23)11-13-4-3-9-25-13)10-16(15)26-18-14(19(22)24)5-2-8-20-18/h2-10H,11H2,1H3,(H,21,23). The molecule has 5 nitrogen and oxygen atoms in total. The maximum Gasteiger partial charge on any atom is 0.260 e. The lowest BCUT2D eigenvalue weighted by molar-refractivity contribution is -0.115. The highest BCUT2D eigenvalue weighted by Crippen LogP contribution is 2.41. The third-order valence-electron chi connectivity index (χ3n) is 4.03. The van der Waals surface area contributed by atoms with Crippen molar-refractivity contribution in [1.82, 2.24) is 4.98 Å². The van der Waals surface area contributed by atoms with Gasteiger partial charge in [-0.15, -0.1) is 11.3 Å². The smallest absolute Gasteiger partial charge is 0.260 e. The SMILES string of the molecule is CN1C(=O)c2cccnc2Sc2cc(NC(=O)Cc3cccs3)ccc21. The quantitative estimate of drug-likeness (QED) is 0.743. The Balaban J connectivity index is 1.62. The van der Waals surface area contributed by atoms with Crippen molar-refractivity contribution in [3.63, 3.8) is 0 Å². The van der Waals surface area contributed by atoms with Crippen LogP contribution in [0.2, 0.25) is 0 Å². The average Bonchev–Trinajstić information content (AvgIpc) is 3.10. The topological polar surface area (TPSA) is 62.3 Å². The van der Waals surface area contributed by atoms with E-state index in [1.54, 1.807) is 41.6 Å². The summed E-state index contributed by atoms with van der Waals surface area (Å²) in [5, 5.41) is 5.56. The Morgan fingerprint density at radius 3 is 2.92 bits per heavy atom. The number of pyridine rings is 1. The summed E-state index contributed by atoms with van der Waals surface area (Å²) in [5.41, 5.74) is 2.09. The Morgan fingerprint density at radius 1 is 1.23 bits per heavy atom. The van der Waals surface area contributed by atoms with Gasteiger partial charge < -0.3 is 10.2 Å². The zero-order valence-corrected chi connectivity index (χ0v) is 15.6. The highest BCUT2D eigenvalue weighted by Gasteiger charge is 2.25. The van der Waals surface area contributed by atoms with Gasteiger partial charge in [0, 0.05) is 28.7 Å². The molecule has 7 heteroatoms. The Hall–Kier alpha value is -2.64. The van der Waals surface area contributed by atoms with E-state index in [9.17, 15) is 9.59 Å². The van der Waals surface area contributed by atoms with Crippen LogP contribution in [0.3, 0.4) is 0 Å². The molecule has 0 saturated heterocycles. The van der Waals surface area contributed by atoms with Gasteiger partial charge in [0.15, 0.2) is 0 Å². The predicted octanol–water partition coefficient (Wildman–Crippen LogP) is 4.07. The number of hydrogen-bond donors (Lipinski definition) is 1. The fourth-order valence-electron chi connectivity index (χ4n) is 2.76. The first-order chi connectivity index (χ1) is 12.6. The summed E-state index contributed by atoms with van der Waals surface area (Å²) in [6.07, 6.45) is 2.03. The summed E-state index contributed by atoms with van der Waals surface area (Å²) in [7, 11) is 1.75. The number of carbonyl (C=O) groups excluding carboxylic acids is 2. The molecule has 3 aromatic rings. The van der Waals surface area contributed by atoms with Crippen molar-refractivity contribution in [3.05, 3.63) is 64.5 Å². The minimum Gasteiger partial charge on any atom is -0.326 e. The first-order valence-corrected chi connectivity index (χ1v) is 9.68. The second-order valence-corrected chi connectivity index (χ2v) is 7.87. The van der Waals surface area contributed by atoms with Crippen molar-refractivity contribution in [2.45, 2.75) is 16.3 Å². The zero-order valence-electron chi connectivity index (χ0n) is 13.9. The van der Waals surface area contributed by atoms with Crippen molar-refractivity contribution in [2.24, 2.45) is 0 Å². The molecule has 26 heavy (non-hydrogen) atoms. The number of fused-ring (bicyclic) bond motifs is 2. The summed E-state index contributed by atoms with van der Waals surface area (Å²) < 4.78 is 0. The third kappa shape index (κ3) is 3.23. The van der Waals surface area contributed by atoms with E-state index >= 15 is 0 Å². The number of anilines is 2. The number of aromatic nitrogens is 1. The summed E-state index contributed by atoms with van der Waals surface area (Å²) >= 11 is 3.00. The first-order valence-electron chi connectivity index (χ1n) is 7.99. The fourth-order valence-corrected chi connectivity index (χ4v) is 4.54. The molecular formula is C19H15N3O2S2. The molecule has 0 unspecified atom stereocenters. The van der Waals surface area contributed by atoms with Crippen LogP contribution in [0.25, 0.3) is 0 Å². The van der Waals surface area contributed by atoms with Crippen molar-refractivity contribution < 1.29 is 9.59 Å². The molecule has 130 valence electrons. The Labute approximate surface area is 159 Å². The van der Waals surface area contributed by atoms with Crippen molar-refractivity contribution in [2.75, 3.05) is 17.3 Å². The predicted molar refractivity (Wildman–Crippen MR) is 104 cm³/mol. The van der Waals surface area contributed by atoms with E-state index in [1.165, 1.54) is 11.8 Å². The fraction of sp³-hybridized carbons (Fsp3) is 0.105. The van der Waals surface area contributed by atoms with Crippen LogP contribution in [0.4, 0.5) is 11.4 Å². The maximum absolute atomic E-state index is 12.6. The van der Waals surface area contributed by atoms with Gasteiger partial charge in [0.05, 0.1) is 17.7 Å². The van der Waals surface area contributed by atoms with Gasteiger partial charge in [-0.25, -0.2) is 4.98 Å². The van der Waals surface area contributed by atoms with Gasteiger partial charge in [-0.3, -0.25) is 9.59 Å². The van der Waals surface area contributed by atoms with Crippen molar-refractivity contribution >= 4 is 46.3 Å². The van der Waals surface area contributed by atoms with Gasteiger partial charge in [-0.2, -0.15) is 0 Å². The highest BCUT2D eigenvalue weighted by atomic mass is 32.2. The number of benzene rings is 1. The minimum absolute atomic E-state index is 0.0611.